The molecule has 18 heavy (non-hydrogen) atoms. The minimum atomic E-state index is -0.574. The van der Waals surface area contributed by atoms with Crippen molar-refractivity contribution >= 4 is 5.69 Å². The summed E-state index contributed by atoms with van der Waals surface area (Å²) in [7, 11) is 0. The van der Waals surface area contributed by atoms with Crippen molar-refractivity contribution in [3.63, 3.8) is 0 Å². The molecule has 0 aromatic heterocycles. The first-order valence-electron chi connectivity index (χ1n) is 5.63. The fourth-order valence-corrected chi connectivity index (χ4v) is 1.82. The van der Waals surface area contributed by atoms with Crippen LogP contribution in [0.25, 0.3) is 0 Å². The van der Waals surface area contributed by atoms with Gasteiger partial charge in [-0.1, -0.05) is 0 Å². The molecule has 1 aromatic carbocycles. The van der Waals surface area contributed by atoms with Crippen molar-refractivity contribution in [2.45, 2.75) is 18.9 Å². The average Bonchev–Trinajstić information content (AvgIpc) is 2.40. The molecule has 2 rings (SSSR count). The molecule has 6 nitrogen and oxygen atoms in total. The van der Waals surface area contributed by atoms with Crippen molar-refractivity contribution in [2.24, 2.45) is 0 Å². The van der Waals surface area contributed by atoms with E-state index in [1.54, 1.807) is 12.1 Å². The highest BCUT2D eigenvalue weighted by atomic mass is 16.6. The van der Waals surface area contributed by atoms with Crippen LogP contribution in [0.4, 0.5) is 5.69 Å². The first kappa shape index (κ1) is 12.3. The predicted molar refractivity (Wildman–Crippen MR) is 62.3 cm³/mol. The zero-order valence-corrected chi connectivity index (χ0v) is 9.67. The summed E-state index contributed by atoms with van der Waals surface area (Å²) < 4.78 is 10.9. The second-order valence-corrected chi connectivity index (χ2v) is 3.98. The molecular weight excluding hydrogens is 236 g/mol. The van der Waals surface area contributed by atoms with Crippen LogP contribution in [-0.4, -0.2) is 24.2 Å². The predicted octanol–water partition coefficient (Wildman–Crippen LogP) is 2.02. The van der Waals surface area contributed by atoms with Crippen LogP contribution in [0.1, 0.15) is 18.4 Å². The van der Waals surface area contributed by atoms with E-state index in [-0.39, 0.29) is 17.4 Å². The third-order valence-electron chi connectivity index (χ3n) is 2.76. The lowest BCUT2D eigenvalue weighted by molar-refractivity contribution is -0.385. The van der Waals surface area contributed by atoms with Gasteiger partial charge in [-0.2, -0.15) is 5.26 Å². The van der Waals surface area contributed by atoms with Gasteiger partial charge in [0.15, 0.2) is 0 Å². The molecular formula is C12H12N2O4. The van der Waals surface area contributed by atoms with E-state index in [4.69, 9.17) is 14.7 Å². The molecule has 0 radical (unpaired) electrons. The van der Waals surface area contributed by atoms with Gasteiger partial charge in [-0.05, 0) is 12.1 Å². The maximum absolute atomic E-state index is 10.8. The van der Waals surface area contributed by atoms with Crippen LogP contribution in [0.2, 0.25) is 0 Å². The Morgan fingerprint density at radius 1 is 1.44 bits per heavy atom. The number of hydrogen-bond acceptors (Lipinski definition) is 5. The van der Waals surface area contributed by atoms with E-state index in [2.05, 4.69) is 0 Å². The molecule has 1 aromatic rings. The third-order valence-corrected chi connectivity index (χ3v) is 2.76. The number of rotatable bonds is 3. The van der Waals surface area contributed by atoms with Crippen molar-refractivity contribution < 1.29 is 14.4 Å². The fourth-order valence-electron chi connectivity index (χ4n) is 1.82. The maximum atomic E-state index is 10.8. The number of nitro groups is 1. The SMILES string of the molecule is N#Cc1ccc(OC2CCOCC2)cc1[N+](=O)[O-]. The van der Waals surface area contributed by atoms with Gasteiger partial charge in [-0.3, -0.25) is 10.1 Å². The van der Waals surface area contributed by atoms with Crippen LogP contribution in [0.15, 0.2) is 18.2 Å². The number of ether oxygens (including phenoxy) is 2. The van der Waals surface area contributed by atoms with Gasteiger partial charge < -0.3 is 9.47 Å². The molecule has 1 saturated heterocycles. The van der Waals surface area contributed by atoms with Crippen LogP contribution in [0, 0.1) is 21.4 Å². The fraction of sp³-hybridized carbons (Fsp3) is 0.417. The summed E-state index contributed by atoms with van der Waals surface area (Å²) in [5, 5.41) is 19.6. The van der Waals surface area contributed by atoms with E-state index in [1.165, 1.54) is 12.1 Å². The van der Waals surface area contributed by atoms with Gasteiger partial charge in [0, 0.05) is 12.8 Å². The molecule has 1 heterocycles. The standard InChI is InChI=1S/C12H12N2O4/c13-8-9-1-2-11(7-12(9)14(15)16)18-10-3-5-17-6-4-10/h1-2,7,10H,3-6H2. The van der Waals surface area contributed by atoms with Gasteiger partial charge in [0.05, 0.1) is 24.2 Å². The summed E-state index contributed by atoms with van der Waals surface area (Å²) in [6.07, 6.45) is 1.56. The summed E-state index contributed by atoms with van der Waals surface area (Å²) in [5.41, 5.74) is -0.179. The molecule has 0 N–H and O–H groups in total. The van der Waals surface area contributed by atoms with Crippen LogP contribution >= 0.6 is 0 Å². The van der Waals surface area contributed by atoms with Gasteiger partial charge in [0.1, 0.15) is 23.5 Å². The van der Waals surface area contributed by atoms with Crippen molar-refractivity contribution in [3.05, 3.63) is 33.9 Å². The summed E-state index contributed by atoms with van der Waals surface area (Å²) in [5.74, 6) is 0.424. The molecule has 6 heteroatoms. The molecule has 0 amide bonds. The Balaban J connectivity index is 2.16. The van der Waals surface area contributed by atoms with E-state index in [0.29, 0.717) is 19.0 Å². The van der Waals surface area contributed by atoms with Crippen LogP contribution in [0.5, 0.6) is 5.75 Å². The van der Waals surface area contributed by atoms with E-state index < -0.39 is 4.92 Å². The number of nitro benzene ring substituents is 1. The van der Waals surface area contributed by atoms with Crippen LogP contribution in [0.3, 0.4) is 0 Å². The largest absolute Gasteiger partial charge is 0.490 e. The first-order chi connectivity index (χ1) is 8.70. The maximum Gasteiger partial charge on any atom is 0.290 e. The van der Waals surface area contributed by atoms with Crippen LogP contribution in [-0.2, 0) is 4.74 Å². The number of nitriles is 1. The minimum Gasteiger partial charge on any atom is -0.490 e. The minimum absolute atomic E-state index is 0.0197. The van der Waals surface area contributed by atoms with E-state index in [1.807, 2.05) is 0 Å². The Labute approximate surface area is 104 Å². The normalized spacial score (nSPS) is 15.9. The Morgan fingerprint density at radius 3 is 2.78 bits per heavy atom. The first-order valence-corrected chi connectivity index (χ1v) is 5.63. The van der Waals surface area contributed by atoms with Gasteiger partial charge >= 0.3 is 0 Å². The smallest absolute Gasteiger partial charge is 0.290 e. The lowest BCUT2D eigenvalue weighted by Gasteiger charge is -2.23. The van der Waals surface area contributed by atoms with Gasteiger partial charge in [-0.25, -0.2) is 0 Å². The molecule has 94 valence electrons. The molecule has 1 aliphatic heterocycles. The zero-order valence-electron chi connectivity index (χ0n) is 9.67. The highest BCUT2D eigenvalue weighted by Gasteiger charge is 2.19. The Morgan fingerprint density at radius 2 is 2.17 bits per heavy atom. The monoisotopic (exact) mass is 248 g/mol. The highest BCUT2D eigenvalue weighted by molar-refractivity contribution is 5.52. The molecule has 0 atom stereocenters. The summed E-state index contributed by atoms with van der Waals surface area (Å²) >= 11 is 0. The van der Waals surface area contributed by atoms with Crippen molar-refractivity contribution in [1.29, 1.82) is 5.26 Å². The van der Waals surface area contributed by atoms with E-state index >= 15 is 0 Å². The average molecular weight is 248 g/mol. The van der Waals surface area contributed by atoms with Gasteiger partial charge in [0.2, 0.25) is 0 Å². The van der Waals surface area contributed by atoms with Crippen LogP contribution < -0.4 is 4.74 Å². The Bertz CT molecular complexity index is 489. The summed E-state index contributed by atoms with van der Waals surface area (Å²) in [4.78, 5) is 10.2. The molecule has 0 spiro atoms. The van der Waals surface area contributed by atoms with Crippen molar-refractivity contribution in [1.82, 2.24) is 0 Å². The molecule has 0 unspecified atom stereocenters. The van der Waals surface area contributed by atoms with E-state index in [0.717, 1.165) is 12.8 Å². The number of nitrogens with zero attached hydrogens (tertiary/aromatic N) is 2. The molecule has 1 aliphatic rings. The topological polar surface area (TPSA) is 85.4 Å². The Kier molecular flexibility index (Phi) is 3.75. The molecule has 1 fully saturated rings. The highest BCUT2D eigenvalue weighted by Crippen LogP contribution is 2.26. The van der Waals surface area contributed by atoms with Gasteiger partial charge in [-0.15, -0.1) is 0 Å². The quantitative estimate of drug-likeness (QED) is 0.603. The lowest BCUT2D eigenvalue weighted by Crippen LogP contribution is -2.25. The number of hydrogen-bond donors (Lipinski definition) is 0. The third kappa shape index (κ3) is 2.76. The summed E-state index contributed by atoms with van der Waals surface area (Å²) in [6, 6.07) is 6.08. The van der Waals surface area contributed by atoms with Crippen molar-refractivity contribution in [2.75, 3.05) is 13.2 Å². The van der Waals surface area contributed by atoms with E-state index in [9.17, 15) is 10.1 Å². The molecule has 0 bridgehead atoms. The molecule has 0 saturated carbocycles. The number of benzene rings is 1. The second-order valence-electron chi connectivity index (χ2n) is 3.98. The second kappa shape index (κ2) is 5.47. The van der Waals surface area contributed by atoms with Crippen molar-refractivity contribution in [3.8, 4) is 11.8 Å². The van der Waals surface area contributed by atoms with Gasteiger partial charge in [0.25, 0.3) is 5.69 Å². The summed E-state index contributed by atoms with van der Waals surface area (Å²) in [6.45, 7) is 1.28. The lowest BCUT2D eigenvalue weighted by atomic mass is 10.1. The Hall–Kier alpha value is -2.13. The zero-order chi connectivity index (χ0) is 13.0. The molecule has 0 aliphatic carbocycles.